The maximum Gasteiger partial charge on any atom is 0.179 e. The van der Waals surface area contributed by atoms with Crippen LogP contribution in [0.25, 0.3) is 0 Å². The molecule has 1 N–H and O–H groups in total. The number of hydrogen-bond donors (Lipinski definition) is 1. The maximum absolute atomic E-state index is 9.58. The van der Waals surface area contributed by atoms with Crippen molar-refractivity contribution in [2.24, 2.45) is 5.92 Å². The van der Waals surface area contributed by atoms with E-state index in [0.717, 1.165) is 62.8 Å². The van der Waals surface area contributed by atoms with Crippen LogP contribution in [0.15, 0.2) is 29.4 Å². The van der Waals surface area contributed by atoms with E-state index in [0.29, 0.717) is 29.2 Å². The molecule has 1 aliphatic carbocycles. The fourth-order valence-electron chi connectivity index (χ4n) is 5.27. The molecule has 1 aliphatic heterocycles. The second kappa shape index (κ2) is 11.5. The summed E-state index contributed by atoms with van der Waals surface area (Å²) < 4.78 is 0. The van der Waals surface area contributed by atoms with Crippen LogP contribution in [0.3, 0.4) is 0 Å². The molecule has 0 bridgehead atoms. The summed E-state index contributed by atoms with van der Waals surface area (Å²) in [5, 5.41) is 18.6. The number of nitrogens with one attached hydrogen (secondary N) is 1. The lowest BCUT2D eigenvalue weighted by Gasteiger charge is -2.28. The lowest BCUT2D eigenvalue weighted by molar-refractivity contribution is 0.296. The summed E-state index contributed by atoms with van der Waals surface area (Å²) in [4.78, 5) is 11.7. The first kappa shape index (κ1) is 24.3. The number of nitrogens with zero attached hydrogens (tertiary/aromatic N) is 4. The third-order valence-electron chi connectivity index (χ3n) is 7.34. The lowest BCUT2D eigenvalue weighted by atomic mass is 9.78. The van der Waals surface area contributed by atoms with E-state index in [1.807, 2.05) is 0 Å². The zero-order chi connectivity index (χ0) is 23.1. The molecule has 5 nitrogen and oxygen atoms in total. The fraction of sp³-hybridized carbons (Fsp3) is 0.630. The SMILES string of the molecule is C=C1CCCCC1/C(C)=C(\CCCC)C(=N)c1nc(C#N)cc(CCC2CCCN2C)n1. The number of allylic oxidation sites excluding steroid dienone is 3. The van der Waals surface area contributed by atoms with Crippen molar-refractivity contribution in [3.63, 3.8) is 0 Å². The Hall–Kier alpha value is -2.32. The Morgan fingerprint density at radius 2 is 2.09 bits per heavy atom. The van der Waals surface area contributed by atoms with Crippen LogP contribution in [-0.4, -0.2) is 40.2 Å². The summed E-state index contributed by atoms with van der Waals surface area (Å²) in [7, 11) is 2.19. The molecular formula is C27H39N5. The van der Waals surface area contributed by atoms with Crippen molar-refractivity contribution in [2.75, 3.05) is 13.6 Å². The van der Waals surface area contributed by atoms with Crippen LogP contribution in [0, 0.1) is 22.7 Å². The minimum absolute atomic E-state index is 0.354. The average Bonchev–Trinajstić information content (AvgIpc) is 3.22. The van der Waals surface area contributed by atoms with Crippen LogP contribution in [0.1, 0.15) is 95.3 Å². The first-order chi connectivity index (χ1) is 15.4. The van der Waals surface area contributed by atoms with Gasteiger partial charge in [-0.05, 0) is 89.9 Å². The smallest absolute Gasteiger partial charge is 0.179 e. The standard InChI is InChI=1S/C27H39N5/c1-5-6-12-25(20(3)24-13-8-7-10-19(24)2)26(29)27-30-21(17-22(18-28)31-27)14-15-23-11-9-16-32(23)4/h17,23-24,29H,2,5-16H2,1,3-4H3/b25-20+,29-26?. The molecule has 32 heavy (non-hydrogen) atoms. The highest BCUT2D eigenvalue weighted by Gasteiger charge is 2.25. The molecular weight excluding hydrogens is 394 g/mol. The minimum atomic E-state index is 0.354. The Balaban J connectivity index is 1.88. The van der Waals surface area contributed by atoms with Crippen molar-refractivity contribution in [3.8, 4) is 6.07 Å². The zero-order valence-corrected chi connectivity index (χ0v) is 20.2. The molecule has 172 valence electrons. The van der Waals surface area contributed by atoms with Gasteiger partial charge in [0.05, 0.1) is 0 Å². The molecule has 5 heteroatoms. The largest absolute Gasteiger partial charge is 0.303 e. The van der Waals surface area contributed by atoms with Gasteiger partial charge in [-0.25, -0.2) is 9.97 Å². The molecule has 2 aliphatic rings. The van der Waals surface area contributed by atoms with Crippen LogP contribution < -0.4 is 0 Å². The zero-order valence-electron chi connectivity index (χ0n) is 20.2. The molecule has 0 amide bonds. The van der Waals surface area contributed by atoms with E-state index >= 15 is 0 Å². The normalized spacial score (nSPS) is 22.5. The van der Waals surface area contributed by atoms with E-state index < -0.39 is 0 Å². The Morgan fingerprint density at radius 3 is 2.75 bits per heavy atom. The molecule has 0 spiro atoms. The first-order valence-corrected chi connectivity index (χ1v) is 12.4. The van der Waals surface area contributed by atoms with E-state index in [1.54, 1.807) is 6.07 Å². The quantitative estimate of drug-likeness (QED) is 0.383. The van der Waals surface area contributed by atoms with Crippen molar-refractivity contribution >= 4 is 5.71 Å². The first-order valence-electron chi connectivity index (χ1n) is 12.4. The van der Waals surface area contributed by atoms with Gasteiger partial charge in [-0.3, -0.25) is 5.41 Å². The monoisotopic (exact) mass is 433 g/mol. The van der Waals surface area contributed by atoms with E-state index in [4.69, 9.17) is 10.4 Å². The number of aromatic nitrogens is 2. The minimum Gasteiger partial charge on any atom is -0.303 e. The third-order valence-corrected chi connectivity index (χ3v) is 7.34. The molecule has 1 saturated carbocycles. The van der Waals surface area contributed by atoms with Crippen LogP contribution in [0.5, 0.6) is 0 Å². The second-order valence-corrected chi connectivity index (χ2v) is 9.59. The molecule has 2 heterocycles. The molecule has 1 aromatic rings. The van der Waals surface area contributed by atoms with Gasteiger partial charge in [0.1, 0.15) is 17.5 Å². The molecule has 1 saturated heterocycles. The van der Waals surface area contributed by atoms with Gasteiger partial charge >= 0.3 is 0 Å². The highest BCUT2D eigenvalue weighted by molar-refractivity contribution is 6.08. The lowest BCUT2D eigenvalue weighted by Crippen LogP contribution is -2.25. The van der Waals surface area contributed by atoms with Gasteiger partial charge in [0.15, 0.2) is 5.82 Å². The van der Waals surface area contributed by atoms with Crippen molar-refractivity contribution in [2.45, 2.75) is 90.5 Å². The predicted octanol–water partition coefficient (Wildman–Crippen LogP) is 6.00. The molecule has 2 fully saturated rings. The van der Waals surface area contributed by atoms with Crippen LogP contribution in [-0.2, 0) is 6.42 Å². The number of unbranched alkanes of at least 4 members (excludes halogenated alkanes) is 1. The molecule has 0 radical (unpaired) electrons. The number of hydrogen-bond acceptors (Lipinski definition) is 5. The summed E-state index contributed by atoms with van der Waals surface area (Å²) in [5.41, 5.74) is 5.24. The van der Waals surface area contributed by atoms with Crippen LogP contribution >= 0.6 is 0 Å². The summed E-state index contributed by atoms with van der Waals surface area (Å²) in [6.07, 6.45) is 11.9. The highest BCUT2D eigenvalue weighted by Crippen LogP contribution is 2.36. The number of rotatable bonds is 9. The Bertz CT molecular complexity index is 907. The Labute approximate surface area is 194 Å². The molecule has 2 atom stereocenters. The van der Waals surface area contributed by atoms with Gasteiger partial charge in [0.25, 0.3) is 0 Å². The molecule has 2 unspecified atom stereocenters. The van der Waals surface area contributed by atoms with E-state index in [1.165, 1.54) is 36.8 Å². The van der Waals surface area contributed by atoms with Crippen molar-refractivity contribution in [1.29, 1.82) is 10.7 Å². The van der Waals surface area contributed by atoms with E-state index in [-0.39, 0.29) is 0 Å². The second-order valence-electron chi connectivity index (χ2n) is 9.59. The van der Waals surface area contributed by atoms with Crippen LogP contribution in [0.4, 0.5) is 0 Å². The van der Waals surface area contributed by atoms with Gasteiger partial charge in [0.2, 0.25) is 0 Å². The van der Waals surface area contributed by atoms with Crippen molar-refractivity contribution < 1.29 is 0 Å². The third kappa shape index (κ3) is 5.92. The van der Waals surface area contributed by atoms with E-state index in [9.17, 15) is 5.26 Å². The number of nitriles is 1. The highest BCUT2D eigenvalue weighted by atomic mass is 15.1. The van der Waals surface area contributed by atoms with Crippen LogP contribution in [0.2, 0.25) is 0 Å². The van der Waals surface area contributed by atoms with Crippen molar-refractivity contribution in [3.05, 3.63) is 46.6 Å². The summed E-state index contributed by atoms with van der Waals surface area (Å²) in [6.45, 7) is 9.85. The van der Waals surface area contributed by atoms with E-state index in [2.05, 4.69) is 43.4 Å². The number of aryl methyl sites for hydroxylation is 1. The molecule has 0 aromatic carbocycles. The predicted molar refractivity (Wildman–Crippen MR) is 131 cm³/mol. The Kier molecular flexibility index (Phi) is 8.75. The maximum atomic E-state index is 9.58. The Morgan fingerprint density at radius 1 is 1.28 bits per heavy atom. The molecule has 1 aromatic heterocycles. The fourth-order valence-corrected chi connectivity index (χ4v) is 5.27. The summed E-state index contributed by atoms with van der Waals surface area (Å²) in [5.74, 6) is 0.762. The summed E-state index contributed by atoms with van der Waals surface area (Å²) in [6, 6.07) is 4.58. The van der Waals surface area contributed by atoms with Gasteiger partial charge in [-0.1, -0.05) is 37.5 Å². The van der Waals surface area contributed by atoms with Gasteiger partial charge in [-0.2, -0.15) is 5.26 Å². The summed E-state index contributed by atoms with van der Waals surface area (Å²) >= 11 is 0. The number of likely N-dealkylation sites (tertiary alicyclic amines) is 1. The average molecular weight is 434 g/mol. The topological polar surface area (TPSA) is 76.7 Å². The van der Waals surface area contributed by atoms with Gasteiger partial charge in [-0.15, -0.1) is 0 Å². The molecule has 3 rings (SSSR count). The van der Waals surface area contributed by atoms with Gasteiger partial charge in [0, 0.05) is 17.7 Å². The van der Waals surface area contributed by atoms with Crippen molar-refractivity contribution in [1.82, 2.24) is 14.9 Å². The van der Waals surface area contributed by atoms with Gasteiger partial charge < -0.3 is 4.90 Å².